The average molecular weight is 243 g/mol. The van der Waals surface area contributed by atoms with Gasteiger partial charge in [0.15, 0.2) is 0 Å². The first kappa shape index (κ1) is 12.8. The third-order valence-corrected chi connectivity index (χ3v) is 3.47. The van der Waals surface area contributed by atoms with Crippen LogP contribution in [-0.2, 0) is 25.4 Å². The molecule has 2 aromatic rings. The molecule has 0 fully saturated rings. The number of benzene rings is 1. The summed E-state index contributed by atoms with van der Waals surface area (Å²) in [6, 6.07) is 8.56. The zero-order chi connectivity index (χ0) is 13.2. The van der Waals surface area contributed by atoms with Crippen molar-refractivity contribution < 1.29 is 0 Å². The molecule has 1 unspecified atom stereocenters. The number of imidazole rings is 1. The molecule has 0 saturated carbocycles. The van der Waals surface area contributed by atoms with Crippen LogP contribution < -0.4 is 5.73 Å². The van der Waals surface area contributed by atoms with E-state index in [2.05, 4.69) is 43.1 Å². The van der Waals surface area contributed by atoms with E-state index in [0.717, 1.165) is 24.2 Å². The molecule has 0 aliphatic heterocycles. The molecule has 1 heterocycles. The molecule has 18 heavy (non-hydrogen) atoms. The summed E-state index contributed by atoms with van der Waals surface area (Å²) in [4.78, 5) is 4.34. The van der Waals surface area contributed by atoms with Gasteiger partial charge in [-0.25, -0.2) is 4.98 Å². The van der Waals surface area contributed by atoms with Crippen molar-refractivity contribution in [3.8, 4) is 0 Å². The summed E-state index contributed by atoms with van der Waals surface area (Å²) in [5.74, 6) is 1.01. The van der Waals surface area contributed by atoms with Gasteiger partial charge in [-0.05, 0) is 24.5 Å². The molecule has 1 atom stereocenters. The van der Waals surface area contributed by atoms with Crippen molar-refractivity contribution >= 4 is 0 Å². The predicted molar refractivity (Wildman–Crippen MR) is 74.3 cm³/mol. The zero-order valence-electron chi connectivity index (χ0n) is 11.4. The van der Waals surface area contributed by atoms with Gasteiger partial charge in [-0.15, -0.1) is 0 Å². The Balaban J connectivity index is 2.21. The first-order valence-corrected chi connectivity index (χ1v) is 6.37. The molecule has 1 aromatic heterocycles. The lowest BCUT2D eigenvalue weighted by Crippen LogP contribution is -2.36. The quantitative estimate of drug-likeness (QED) is 0.896. The van der Waals surface area contributed by atoms with E-state index in [1.54, 1.807) is 0 Å². The van der Waals surface area contributed by atoms with Gasteiger partial charge in [0.05, 0.1) is 0 Å². The minimum absolute atomic E-state index is 0.384. The van der Waals surface area contributed by atoms with Crippen molar-refractivity contribution in [2.24, 2.45) is 12.8 Å². The van der Waals surface area contributed by atoms with Gasteiger partial charge in [0.25, 0.3) is 0 Å². The summed E-state index contributed by atoms with van der Waals surface area (Å²) in [5.41, 5.74) is 8.55. The molecule has 0 bridgehead atoms. The van der Waals surface area contributed by atoms with Crippen LogP contribution in [0.25, 0.3) is 0 Å². The van der Waals surface area contributed by atoms with Gasteiger partial charge in [0, 0.05) is 31.4 Å². The van der Waals surface area contributed by atoms with Crippen molar-refractivity contribution in [1.29, 1.82) is 0 Å². The van der Waals surface area contributed by atoms with E-state index in [4.69, 9.17) is 5.73 Å². The molecule has 0 amide bonds. The van der Waals surface area contributed by atoms with Crippen molar-refractivity contribution in [3.63, 3.8) is 0 Å². The van der Waals surface area contributed by atoms with Gasteiger partial charge in [-0.3, -0.25) is 0 Å². The van der Waals surface area contributed by atoms with Crippen LogP contribution in [0.1, 0.15) is 30.8 Å². The minimum Gasteiger partial charge on any atom is -0.338 e. The molecule has 3 heteroatoms. The van der Waals surface area contributed by atoms with Gasteiger partial charge in [0.1, 0.15) is 5.82 Å². The van der Waals surface area contributed by atoms with Crippen LogP contribution in [0.5, 0.6) is 0 Å². The van der Waals surface area contributed by atoms with Crippen molar-refractivity contribution in [2.75, 3.05) is 0 Å². The Kier molecular flexibility index (Phi) is 3.53. The number of rotatable bonds is 4. The third-order valence-electron chi connectivity index (χ3n) is 3.47. The van der Waals surface area contributed by atoms with Crippen molar-refractivity contribution in [2.45, 2.75) is 32.2 Å². The summed E-state index contributed by atoms with van der Waals surface area (Å²) in [6.07, 6.45) is 5.56. The largest absolute Gasteiger partial charge is 0.338 e. The maximum absolute atomic E-state index is 6.44. The lowest BCUT2D eigenvalue weighted by atomic mass is 9.88. The second kappa shape index (κ2) is 4.94. The number of hydrogen-bond donors (Lipinski definition) is 1. The molecule has 0 radical (unpaired) electrons. The van der Waals surface area contributed by atoms with Crippen LogP contribution in [0.2, 0.25) is 0 Å². The first-order chi connectivity index (χ1) is 8.53. The second-order valence-electron chi connectivity index (χ2n) is 5.10. The fourth-order valence-corrected chi connectivity index (χ4v) is 2.12. The Morgan fingerprint density at radius 2 is 1.94 bits per heavy atom. The predicted octanol–water partition coefficient (Wildman–Crippen LogP) is 2.40. The Hall–Kier alpha value is -1.61. The van der Waals surface area contributed by atoms with Gasteiger partial charge in [-0.2, -0.15) is 0 Å². The monoisotopic (exact) mass is 243 g/mol. The molecule has 2 N–H and O–H groups in total. The number of nitrogens with zero attached hydrogens (tertiary/aromatic N) is 2. The normalized spacial score (nSPS) is 14.4. The molecule has 0 saturated heterocycles. The van der Waals surface area contributed by atoms with Crippen LogP contribution >= 0.6 is 0 Å². The zero-order valence-corrected chi connectivity index (χ0v) is 11.4. The molecule has 2 rings (SSSR count). The maximum Gasteiger partial charge on any atom is 0.110 e. The topological polar surface area (TPSA) is 43.8 Å². The Labute approximate surface area is 109 Å². The van der Waals surface area contributed by atoms with Gasteiger partial charge >= 0.3 is 0 Å². The Morgan fingerprint density at radius 3 is 2.44 bits per heavy atom. The molecular formula is C15H21N3. The highest BCUT2D eigenvalue weighted by molar-refractivity contribution is 5.28. The highest BCUT2D eigenvalue weighted by atomic mass is 15.0. The molecule has 0 spiro atoms. The highest BCUT2D eigenvalue weighted by Crippen LogP contribution is 2.22. The van der Waals surface area contributed by atoms with Crippen LogP contribution in [-0.4, -0.2) is 9.55 Å². The standard InChI is InChI=1S/C15H21N3/c1-4-12-5-7-13(8-6-12)15(2,16)11-14-17-9-10-18(14)3/h5-10H,4,11,16H2,1-3H3. The summed E-state index contributed by atoms with van der Waals surface area (Å²) in [6.45, 7) is 4.22. The molecular weight excluding hydrogens is 222 g/mol. The van der Waals surface area contributed by atoms with E-state index in [1.165, 1.54) is 5.56 Å². The van der Waals surface area contributed by atoms with Crippen LogP contribution in [0.4, 0.5) is 0 Å². The van der Waals surface area contributed by atoms with Crippen LogP contribution in [0.3, 0.4) is 0 Å². The lowest BCUT2D eigenvalue weighted by Gasteiger charge is -2.25. The first-order valence-electron chi connectivity index (χ1n) is 6.37. The number of hydrogen-bond acceptors (Lipinski definition) is 2. The van der Waals surface area contributed by atoms with Gasteiger partial charge < -0.3 is 10.3 Å². The van der Waals surface area contributed by atoms with Crippen LogP contribution in [0, 0.1) is 0 Å². The van der Waals surface area contributed by atoms with E-state index in [-0.39, 0.29) is 5.54 Å². The molecule has 3 nitrogen and oxygen atoms in total. The smallest absolute Gasteiger partial charge is 0.110 e. The average Bonchev–Trinajstić information content (AvgIpc) is 2.74. The van der Waals surface area contributed by atoms with E-state index >= 15 is 0 Å². The third kappa shape index (κ3) is 2.62. The van der Waals surface area contributed by atoms with E-state index in [0.29, 0.717) is 0 Å². The number of aryl methyl sites for hydroxylation is 2. The maximum atomic E-state index is 6.44. The molecule has 1 aromatic carbocycles. The van der Waals surface area contributed by atoms with Crippen molar-refractivity contribution in [1.82, 2.24) is 9.55 Å². The summed E-state index contributed by atoms with van der Waals surface area (Å²) in [7, 11) is 2.00. The van der Waals surface area contributed by atoms with E-state index < -0.39 is 0 Å². The number of nitrogens with two attached hydrogens (primary N) is 1. The van der Waals surface area contributed by atoms with Gasteiger partial charge in [-0.1, -0.05) is 31.2 Å². The van der Waals surface area contributed by atoms with E-state index in [1.807, 2.05) is 24.0 Å². The fraction of sp³-hybridized carbons (Fsp3) is 0.400. The Morgan fingerprint density at radius 1 is 1.28 bits per heavy atom. The van der Waals surface area contributed by atoms with Crippen LogP contribution in [0.15, 0.2) is 36.7 Å². The highest BCUT2D eigenvalue weighted by Gasteiger charge is 2.23. The minimum atomic E-state index is -0.384. The molecule has 96 valence electrons. The summed E-state index contributed by atoms with van der Waals surface area (Å²) >= 11 is 0. The lowest BCUT2D eigenvalue weighted by molar-refractivity contribution is 0.470. The van der Waals surface area contributed by atoms with Crippen molar-refractivity contribution in [3.05, 3.63) is 53.6 Å². The Bertz CT molecular complexity index is 509. The second-order valence-corrected chi connectivity index (χ2v) is 5.10. The SMILES string of the molecule is CCc1ccc(C(C)(N)Cc2nccn2C)cc1. The fourth-order valence-electron chi connectivity index (χ4n) is 2.12. The molecule has 0 aliphatic rings. The van der Waals surface area contributed by atoms with Gasteiger partial charge in [0.2, 0.25) is 0 Å². The summed E-state index contributed by atoms with van der Waals surface area (Å²) < 4.78 is 2.02. The summed E-state index contributed by atoms with van der Waals surface area (Å²) in [5, 5.41) is 0. The van der Waals surface area contributed by atoms with E-state index in [9.17, 15) is 0 Å². The molecule has 0 aliphatic carbocycles. The number of aromatic nitrogens is 2.